The van der Waals surface area contributed by atoms with Crippen molar-refractivity contribution in [3.8, 4) is 0 Å². The van der Waals surface area contributed by atoms with Gasteiger partial charge in [0.2, 0.25) is 0 Å². The number of nitrogens with zero attached hydrogens (tertiary/aromatic N) is 2. The SMILES string of the molecule is c1ccc2c(c1)[nH]c1ccccc12.c1ccc2nccnc2c1. The lowest BCUT2D eigenvalue weighted by molar-refractivity contribution is 1.29. The Hall–Kier alpha value is -3.20. The van der Waals surface area contributed by atoms with Gasteiger partial charge in [-0.1, -0.05) is 48.5 Å². The van der Waals surface area contributed by atoms with Crippen molar-refractivity contribution in [2.75, 3.05) is 0 Å². The third kappa shape index (κ3) is 2.64. The normalized spacial score (nSPS) is 10.6. The van der Waals surface area contributed by atoms with Gasteiger partial charge in [0.05, 0.1) is 11.0 Å². The van der Waals surface area contributed by atoms with Gasteiger partial charge in [-0.3, -0.25) is 9.97 Å². The fraction of sp³-hybridized carbons (Fsp3) is 0. The predicted molar refractivity (Wildman–Crippen MR) is 95.3 cm³/mol. The number of hydrogen-bond acceptors (Lipinski definition) is 2. The molecule has 110 valence electrons. The fourth-order valence-electron chi connectivity index (χ4n) is 2.71. The van der Waals surface area contributed by atoms with Gasteiger partial charge in [-0.15, -0.1) is 0 Å². The van der Waals surface area contributed by atoms with E-state index in [4.69, 9.17) is 0 Å². The summed E-state index contributed by atoms with van der Waals surface area (Å²) in [5, 5.41) is 2.61. The van der Waals surface area contributed by atoms with Crippen LogP contribution >= 0.6 is 0 Å². The molecule has 0 amide bonds. The van der Waals surface area contributed by atoms with Crippen LogP contribution < -0.4 is 0 Å². The van der Waals surface area contributed by atoms with E-state index in [1.807, 2.05) is 24.3 Å². The zero-order valence-electron chi connectivity index (χ0n) is 12.5. The molecule has 3 nitrogen and oxygen atoms in total. The topological polar surface area (TPSA) is 41.6 Å². The first-order valence-electron chi connectivity index (χ1n) is 7.53. The zero-order chi connectivity index (χ0) is 15.5. The zero-order valence-corrected chi connectivity index (χ0v) is 12.5. The Morgan fingerprint density at radius 1 is 0.522 bits per heavy atom. The molecule has 0 aliphatic rings. The summed E-state index contributed by atoms with van der Waals surface area (Å²) in [5.41, 5.74) is 4.32. The molecule has 0 fully saturated rings. The van der Waals surface area contributed by atoms with E-state index < -0.39 is 0 Å². The Labute approximate surface area is 133 Å². The van der Waals surface area contributed by atoms with E-state index in [0.717, 1.165) is 11.0 Å². The Morgan fingerprint density at radius 3 is 1.48 bits per heavy atom. The highest BCUT2D eigenvalue weighted by Gasteiger charge is 2.00. The van der Waals surface area contributed by atoms with Crippen LogP contribution in [-0.4, -0.2) is 15.0 Å². The van der Waals surface area contributed by atoms with Gasteiger partial charge in [0, 0.05) is 34.2 Å². The molecule has 0 radical (unpaired) electrons. The highest BCUT2D eigenvalue weighted by molar-refractivity contribution is 6.06. The van der Waals surface area contributed by atoms with Crippen molar-refractivity contribution in [1.82, 2.24) is 15.0 Å². The lowest BCUT2D eigenvalue weighted by Crippen LogP contribution is -1.78. The summed E-state index contributed by atoms with van der Waals surface area (Å²) in [6.45, 7) is 0. The summed E-state index contributed by atoms with van der Waals surface area (Å²) in [7, 11) is 0. The van der Waals surface area contributed by atoms with Crippen LogP contribution in [0.15, 0.2) is 85.2 Å². The van der Waals surface area contributed by atoms with Crippen molar-refractivity contribution in [2.45, 2.75) is 0 Å². The molecule has 2 aromatic heterocycles. The second kappa shape index (κ2) is 5.89. The second-order valence-electron chi connectivity index (χ2n) is 5.26. The smallest absolute Gasteiger partial charge is 0.0886 e. The first-order chi connectivity index (χ1) is 11.4. The predicted octanol–water partition coefficient (Wildman–Crippen LogP) is 4.95. The van der Waals surface area contributed by atoms with Crippen molar-refractivity contribution in [1.29, 1.82) is 0 Å². The summed E-state index contributed by atoms with van der Waals surface area (Å²) in [6.07, 6.45) is 3.39. The summed E-state index contributed by atoms with van der Waals surface area (Å²) in [6, 6.07) is 24.6. The van der Waals surface area contributed by atoms with Crippen LogP contribution in [0.5, 0.6) is 0 Å². The number of benzene rings is 3. The number of nitrogens with one attached hydrogen (secondary N) is 1. The summed E-state index contributed by atoms with van der Waals surface area (Å²) >= 11 is 0. The molecule has 0 aliphatic carbocycles. The third-order valence-corrected chi connectivity index (χ3v) is 3.79. The standard InChI is InChI=1S/C12H9N.C8H6N2/c1-3-7-11-9(5-1)10-6-2-4-8-12(10)13-11;1-2-4-8-7(3-1)9-5-6-10-8/h1-8,13H;1-6H. The highest BCUT2D eigenvalue weighted by atomic mass is 14.8. The molecule has 0 saturated carbocycles. The molecule has 0 spiro atoms. The lowest BCUT2D eigenvalue weighted by Gasteiger charge is -1.90. The van der Waals surface area contributed by atoms with Gasteiger partial charge in [-0.2, -0.15) is 0 Å². The van der Waals surface area contributed by atoms with Crippen molar-refractivity contribution in [3.05, 3.63) is 85.2 Å². The minimum Gasteiger partial charge on any atom is -0.355 e. The molecule has 0 unspecified atom stereocenters. The van der Waals surface area contributed by atoms with E-state index in [-0.39, 0.29) is 0 Å². The Balaban J connectivity index is 0.000000122. The van der Waals surface area contributed by atoms with Crippen molar-refractivity contribution < 1.29 is 0 Å². The average molecular weight is 297 g/mol. The number of para-hydroxylation sites is 4. The van der Waals surface area contributed by atoms with E-state index in [1.54, 1.807) is 12.4 Å². The third-order valence-electron chi connectivity index (χ3n) is 3.79. The van der Waals surface area contributed by atoms with Crippen LogP contribution in [0.3, 0.4) is 0 Å². The van der Waals surface area contributed by atoms with Crippen molar-refractivity contribution >= 4 is 32.8 Å². The molecule has 5 rings (SSSR count). The summed E-state index contributed by atoms with van der Waals surface area (Å²) in [4.78, 5) is 11.6. The van der Waals surface area contributed by atoms with E-state index in [0.29, 0.717) is 0 Å². The molecule has 0 atom stereocenters. The number of rotatable bonds is 0. The van der Waals surface area contributed by atoms with Gasteiger partial charge in [0.25, 0.3) is 0 Å². The number of fused-ring (bicyclic) bond motifs is 4. The average Bonchev–Trinajstić information content (AvgIpc) is 3.01. The van der Waals surface area contributed by atoms with E-state index in [9.17, 15) is 0 Å². The van der Waals surface area contributed by atoms with Crippen molar-refractivity contribution in [2.24, 2.45) is 0 Å². The molecular weight excluding hydrogens is 282 g/mol. The Bertz CT molecular complexity index is 964. The highest BCUT2D eigenvalue weighted by Crippen LogP contribution is 2.24. The molecule has 0 bridgehead atoms. The quantitative estimate of drug-likeness (QED) is 0.439. The molecule has 0 aliphatic heterocycles. The molecule has 5 aromatic rings. The van der Waals surface area contributed by atoms with Gasteiger partial charge in [0.15, 0.2) is 0 Å². The Morgan fingerprint density at radius 2 is 0.957 bits per heavy atom. The lowest BCUT2D eigenvalue weighted by atomic mass is 10.2. The first kappa shape index (κ1) is 13.5. The molecular formula is C20H15N3. The second-order valence-corrected chi connectivity index (χ2v) is 5.26. The molecule has 1 N–H and O–H groups in total. The summed E-state index contributed by atoms with van der Waals surface area (Å²) < 4.78 is 0. The number of H-pyrrole nitrogens is 1. The monoisotopic (exact) mass is 297 g/mol. The van der Waals surface area contributed by atoms with Crippen LogP contribution in [0.25, 0.3) is 32.8 Å². The Kier molecular flexibility index (Phi) is 3.45. The maximum atomic E-state index is 4.12. The fourth-order valence-corrected chi connectivity index (χ4v) is 2.71. The van der Waals surface area contributed by atoms with Crippen LogP contribution in [0, 0.1) is 0 Å². The minimum absolute atomic E-state index is 0.949. The van der Waals surface area contributed by atoms with E-state index in [1.165, 1.54) is 21.8 Å². The first-order valence-corrected chi connectivity index (χ1v) is 7.53. The largest absolute Gasteiger partial charge is 0.355 e. The maximum absolute atomic E-state index is 4.12. The number of aromatic amines is 1. The molecule has 3 aromatic carbocycles. The van der Waals surface area contributed by atoms with Gasteiger partial charge in [-0.05, 0) is 24.3 Å². The van der Waals surface area contributed by atoms with E-state index >= 15 is 0 Å². The van der Waals surface area contributed by atoms with Gasteiger partial charge in [-0.25, -0.2) is 0 Å². The van der Waals surface area contributed by atoms with Crippen LogP contribution in [0.2, 0.25) is 0 Å². The van der Waals surface area contributed by atoms with Gasteiger partial charge >= 0.3 is 0 Å². The van der Waals surface area contributed by atoms with E-state index in [2.05, 4.69) is 63.5 Å². The summed E-state index contributed by atoms with van der Waals surface area (Å²) in [5.74, 6) is 0. The van der Waals surface area contributed by atoms with Crippen LogP contribution in [0.1, 0.15) is 0 Å². The molecule has 2 heterocycles. The number of hydrogen-bond donors (Lipinski definition) is 1. The molecule has 23 heavy (non-hydrogen) atoms. The minimum atomic E-state index is 0.949. The maximum Gasteiger partial charge on any atom is 0.0886 e. The van der Waals surface area contributed by atoms with Gasteiger partial charge < -0.3 is 4.98 Å². The van der Waals surface area contributed by atoms with Gasteiger partial charge in [0.1, 0.15) is 0 Å². The number of aromatic nitrogens is 3. The van der Waals surface area contributed by atoms with Crippen LogP contribution in [0.4, 0.5) is 0 Å². The molecule has 0 saturated heterocycles. The molecule has 3 heteroatoms. The van der Waals surface area contributed by atoms with Crippen molar-refractivity contribution in [3.63, 3.8) is 0 Å². The van der Waals surface area contributed by atoms with Crippen LogP contribution in [-0.2, 0) is 0 Å².